The number of allylic oxidation sites excluding steroid dienone is 3. The van der Waals surface area contributed by atoms with Crippen LogP contribution in [0.3, 0.4) is 0 Å². The van der Waals surface area contributed by atoms with E-state index in [2.05, 4.69) is 15.3 Å². The summed E-state index contributed by atoms with van der Waals surface area (Å²) in [5, 5.41) is 2.87. The molecule has 1 aromatic rings. The van der Waals surface area contributed by atoms with Crippen LogP contribution in [0.5, 0.6) is 0 Å². The summed E-state index contributed by atoms with van der Waals surface area (Å²) in [6.45, 7) is 3.91. The molecule has 1 aromatic heterocycles. The summed E-state index contributed by atoms with van der Waals surface area (Å²) in [6, 6.07) is -0.0576. The Balaban J connectivity index is 2.54. The summed E-state index contributed by atoms with van der Waals surface area (Å²) in [5.41, 5.74) is 0. The van der Waals surface area contributed by atoms with Crippen LogP contribution in [0, 0.1) is 0 Å². The second-order valence-corrected chi connectivity index (χ2v) is 3.33. The number of hydrogen-bond donors (Lipinski definition) is 2. The van der Waals surface area contributed by atoms with Crippen LogP contribution in [-0.2, 0) is 4.79 Å². The summed E-state index contributed by atoms with van der Waals surface area (Å²) in [7, 11) is 0. The number of aromatic amines is 1. The van der Waals surface area contributed by atoms with Crippen molar-refractivity contribution in [2.24, 2.45) is 0 Å². The van der Waals surface area contributed by atoms with Gasteiger partial charge in [-0.2, -0.15) is 0 Å². The normalized spacial score (nSPS) is 13.4. The van der Waals surface area contributed by atoms with Gasteiger partial charge in [-0.05, 0) is 13.3 Å². The van der Waals surface area contributed by atoms with Crippen LogP contribution in [0.25, 0.3) is 0 Å². The van der Waals surface area contributed by atoms with Crippen LogP contribution in [0.4, 0.5) is 0 Å². The number of nitrogens with one attached hydrogen (secondary N) is 2. The van der Waals surface area contributed by atoms with Crippen LogP contribution >= 0.6 is 0 Å². The van der Waals surface area contributed by atoms with Gasteiger partial charge < -0.3 is 10.3 Å². The van der Waals surface area contributed by atoms with Gasteiger partial charge in [0.15, 0.2) is 0 Å². The summed E-state index contributed by atoms with van der Waals surface area (Å²) in [6.07, 6.45) is 11.1. The lowest BCUT2D eigenvalue weighted by Crippen LogP contribution is -2.27. The summed E-state index contributed by atoms with van der Waals surface area (Å²) in [4.78, 5) is 18.6. The third kappa shape index (κ3) is 3.73. The highest BCUT2D eigenvalue weighted by Gasteiger charge is 2.12. The maximum Gasteiger partial charge on any atom is 0.244 e. The van der Waals surface area contributed by atoms with Crippen molar-refractivity contribution < 1.29 is 4.79 Å². The zero-order valence-electron chi connectivity index (χ0n) is 9.60. The van der Waals surface area contributed by atoms with Gasteiger partial charge in [0.25, 0.3) is 0 Å². The molecule has 0 fully saturated rings. The SMILES string of the molecule is CC=C/C=C/C(=O)NC(CC)c1ncc[nH]1. The second kappa shape index (κ2) is 6.61. The highest BCUT2D eigenvalue weighted by molar-refractivity contribution is 5.88. The lowest BCUT2D eigenvalue weighted by atomic mass is 10.2. The molecule has 0 bridgehead atoms. The van der Waals surface area contributed by atoms with Gasteiger partial charge in [-0.25, -0.2) is 4.98 Å². The number of rotatable bonds is 5. The minimum atomic E-state index is -0.110. The quantitative estimate of drug-likeness (QED) is 0.588. The molecule has 0 aliphatic rings. The zero-order valence-corrected chi connectivity index (χ0v) is 9.60. The molecule has 2 N–H and O–H groups in total. The van der Waals surface area contributed by atoms with E-state index in [4.69, 9.17) is 0 Å². The standard InChI is InChI=1S/C12H17N3O/c1-3-5-6-7-11(16)15-10(4-2)12-13-8-9-14-12/h3,5-10H,4H2,1-2H3,(H,13,14)(H,15,16)/b5-3?,7-6+. The van der Waals surface area contributed by atoms with Crippen molar-refractivity contribution in [3.63, 3.8) is 0 Å². The Bertz CT molecular complexity index is 366. The number of aromatic nitrogens is 2. The lowest BCUT2D eigenvalue weighted by molar-refractivity contribution is -0.117. The van der Waals surface area contributed by atoms with Crippen molar-refractivity contribution in [3.05, 3.63) is 42.5 Å². The molecule has 1 heterocycles. The first-order chi connectivity index (χ1) is 7.77. The molecule has 1 amide bonds. The Morgan fingerprint density at radius 1 is 1.62 bits per heavy atom. The maximum atomic E-state index is 11.5. The highest BCUT2D eigenvalue weighted by atomic mass is 16.1. The molecule has 0 aromatic carbocycles. The fourth-order valence-electron chi connectivity index (χ4n) is 1.31. The van der Waals surface area contributed by atoms with E-state index >= 15 is 0 Å². The number of carbonyl (C=O) groups is 1. The van der Waals surface area contributed by atoms with E-state index in [1.807, 2.05) is 26.0 Å². The summed E-state index contributed by atoms with van der Waals surface area (Å²) in [5.74, 6) is 0.677. The monoisotopic (exact) mass is 219 g/mol. The molecule has 1 atom stereocenters. The van der Waals surface area contributed by atoms with E-state index in [9.17, 15) is 4.79 Å². The number of carbonyl (C=O) groups excluding carboxylic acids is 1. The van der Waals surface area contributed by atoms with Gasteiger partial charge in [-0.3, -0.25) is 4.79 Å². The van der Waals surface area contributed by atoms with E-state index in [-0.39, 0.29) is 11.9 Å². The predicted octanol–water partition coefficient (Wildman–Crippen LogP) is 2.11. The minimum absolute atomic E-state index is 0.0576. The first-order valence-corrected chi connectivity index (χ1v) is 5.37. The number of imidazole rings is 1. The van der Waals surface area contributed by atoms with E-state index in [1.165, 1.54) is 6.08 Å². The molecular formula is C12H17N3O. The fourth-order valence-corrected chi connectivity index (χ4v) is 1.31. The van der Waals surface area contributed by atoms with Crippen LogP contribution in [0.15, 0.2) is 36.7 Å². The van der Waals surface area contributed by atoms with Crippen molar-refractivity contribution in [2.75, 3.05) is 0 Å². The van der Waals surface area contributed by atoms with E-state index in [1.54, 1.807) is 18.5 Å². The minimum Gasteiger partial charge on any atom is -0.347 e. The van der Waals surface area contributed by atoms with Gasteiger partial charge in [0.2, 0.25) is 5.91 Å². The molecule has 0 saturated carbocycles. The predicted molar refractivity (Wildman–Crippen MR) is 63.7 cm³/mol. The highest BCUT2D eigenvalue weighted by Crippen LogP contribution is 2.10. The third-order valence-electron chi connectivity index (χ3n) is 2.13. The molecule has 16 heavy (non-hydrogen) atoms. The molecule has 0 saturated heterocycles. The second-order valence-electron chi connectivity index (χ2n) is 3.33. The van der Waals surface area contributed by atoms with E-state index in [0.717, 1.165) is 12.2 Å². The first kappa shape index (κ1) is 12.2. The van der Waals surface area contributed by atoms with Crippen molar-refractivity contribution in [1.29, 1.82) is 0 Å². The molecule has 4 heteroatoms. The van der Waals surface area contributed by atoms with Gasteiger partial charge in [-0.1, -0.05) is 25.2 Å². The Labute approximate surface area is 95.5 Å². The number of hydrogen-bond acceptors (Lipinski definition) is 2. The molecule has 86 valence electrons. The van der Waals surface area contributed by atoms with E-state index < -0.39 is 0 Å². The summed E-state index contributed by atoms with van der Waals surface area (Å²) >= 11 is 0. The van der Waals surface area contributed by atoms with Gasteiger partial charge in [0.1, 0.15) is 5.82 Å². The Hall–Kier alpha value is -1.84. The van der Waals surface area contributed by atoms with Crippen molar-refractivity contribution >= 4 is 5.91 Å². The lowest BCUT2D eigenvalue weighted by Gasteiger charge is -2.12. The van der Waals surface area contributed by atoms with Crippen molar-refractivity contribution in [2.45, 2.75) is 26.3 Å². The molecular weight excluding hydrogens is 202 g/mol. The number of nitrogens with zero attached hydrogens (tertiary/aromatic N) is 1. The largest absolute Gasteiger partial charge is 0.347 e. The molecule has 0 aliphatic carbocycles. The molecule has 1 unspecified atom stereocenters. The molecule has 1 rings (SSSR count). The van der Waals surface area contributed by atoms with Gasteiger partial charge in [-0.15, -0.1) is 0 Å². The average molecular weight is 219 g/mol. The summed E-state index contributed by atoms with van der Waals surface area (Å²) < 4.78 is 0. The van der Waals surface area contributed by atoms with Crippen molar-refractivity contribution in [1.82, 2.24) is 15.3 Å². The first-order valence-electron chi connectivity index (χ1n) is 5.37. The van der Waals surface area contributed by atoms with Crippen LogP contribution in [-0.4, -0.2) is 15.9 Å². The van der Waals surface area contributed by atoms with Crippen LogP contribution < -0.4 is 5.32 Å². The number of H-pyrrole nitrogens is 1. The van der Waals surface area contributed by atoms with Gasteiger partial charge >= 0.3 is 0 Å². The Morgan fingerprint density at radius 3 is 3.00 bits per heavy atom. The van der Waals surface area contributed by atoms with Crippen LogP contribution in [0.2, 0.25) is 0 Å². The Kier molecular flexibility index (Phi) is 5.05. The molecule has 0 aliphatic heterocycles. The molecule has 4 nitrogen and oxygen atoms in total. The van der Waals surface area contributed by atoms with Gasteiger partial charge in [0.05, 0.1) is 6.04 Å². The molecule has 0 spiro atoms. The molecule has 0 radical (unpaired) electrons. The topological polar surface area (TPSA) is 57.8 Å². The third-order valence-corrected chi connectivity index (χ3v) is 2.13. The average Bonchev–Trinajstić information content (AvgIpc) is 2.79. The maximum absolute atomic E-state index is 11.5. The number of amides is 1. The van der Waals surface area contributed by atoms with Gasteiger partial charge in [0, 0.05) is 18.5 Å². The van der Waals surface area contributed by atoms with Crippen LogP contribution in [0.1, 0.15) is 32.1 Å². The smallest absolute Gasteiger partial charge is 0.244 e. The fraction of sp³-hybridized carbons (Fsp3) is 0.333. The Morgan fingerprint density at radius 2 is 2.44 bits per heavy atom. The zero-order chi connectivity index (χ0) is 11.8. The van der Waals surface area contributed by atoms with E-state index in [0.29, 0.717) is 0 Å². The van der Waals surface area contributed by atoms with Crippen molar-refractivity contribution in [3.8, 4) is 0 Å².